The van der Waals surface area contributed by atoms with Crippen molar-refractivity contribution in [1.82, 2.24) is 4.90 Å². The third-order valence-corrected chi connectivity index (χ3v) is 3.70. The summed E-state index contributed by atoms with van der Waals surface area (Å²) in [6.07, 6.45) is 3.40. The molecule has 0 spiro atoms. The van der Waals surface area contributed by atoms with Gasteiger partial charge < -0.3 is 10.6 Å². The van der Waals surface area contributed by atoms with Crippen LogP contribution in [0.2, 0.25) is 0 Å². The molecule has 0 atom stereocenters. The lowest BCUT2D eigenvalue weighted by Gasteiger charge is -2.14. The van der Waals surface area contributed by atoms with Gasteiger partial charge in [-0.25, -0.2) is 0 Å². The van der Waals surface area contributed by atoms with Crippen LogP contribution in [0.1, 0.15) is 26.2 Å². The Kier molecular flexibility index (Phi) is 12.6. The molecule has 8 nitrogen and oxygen atoms in total. The van der Waals surface area contributed by atoms with Gasteiger partial charge in [-0.3, -0.25) is 9.11 Å². The van der Waals surface area contributed by atoms with Gasteiger partial charge in [-0.05, 0) is 20.0 Å². The van der Waals surface area contributed by atoms with Crippen molar-refractivity contribution in [2.45, 2.75) is 26.2 Å². The minimum absolute atomic E-state index is 0.0289. The minimum atomic E-state index is -3.80. The lowest BCUT2D eigenvalue weighted by molar-refractivity contribution is 0.339. The molecule has 0 unspecified atom stereocenters. The fourth-order valence-electron chi connectivity index (χ4n) is 1.16. The van der Waals surface area contributed by atoms with Gasteiger partial charge in [0, 0.05) is 13.1 Å². The van der Waals surface area contributed by atoms with Crippen LogP contribution in [0.25, 0.3) is 0 Å². The third-order valence-electron chi connectivity index (χ3n) is 2.25. The van der Waals surface area contributed by atoms with Gasteiger partial charge in [0.2, 0.25) is 0 Å². The van der Waals surface area contributed by atoms with Crippen molar-refractivity contribution in [2.24, 2.45) is 5.73 Å². The zero-order valence-corrected chi connectivity index (χ0v) is 13.7. The molecule has 0 radical (unpaired) electrons. The maximum absolute atomic E-state index is 10.4. The van der Waals surface area contributed by atoms with E-state index >= 15 is 0 Å². The van der Waals surface area contributed by atoms with E-state index in [2.05, 4.69) is 6.92 Å². The van der Waals surface area contributed by atoms with Crippen molar-refractivity contribution in [3.63, 3.8) is 0 Å². The molecule has 0 aliphatic heterocycles. The highest BCUT2D eigenvalue weighted by Crippen LogP contribution is 1.96. The fourth-order valence-corrected chi connectivity index (χ4v) is 2.00. The lowest BCUT2D eigenvalue weighted by atomic mass is 10.2. The molecule has 0 aromatic carbocycles. The molecule has 0 amide bonds. The number of unbranched alkanes of at least 4 members (excludes halogenated alkanes) is 2. The van der Waals surface area contributed by atoms with Crippen LogP contribution in [0.15, 0.2) is 0 Å². The summed E-state index contributed by atoms with van der Waals surface area (Å²) in [4.78, 5) is 1.92. The van der Waals surface area contributed by atoms with Crippen molar-refractivity contribution in [3.8, 4) is 0 Å². The summed E-state index contributed by atoms with van der Waals surface area (Å²) in [7, 11) is -5.73. The summed E-state index contributed by atoms with van der Waals surface area (Å²) in [6, 6.07) is 0. The van der Waals surface area contributed by atoms with Crippen LogP contribution < -0.4 is 5.73 Å². The van der Waals surface area contributed by atoms with E-state index in [0.717, 1.165) is 25.8 Å². The Bertz CT molecular complexity index is 421. The molecular weight excluding hydrogens is 308 g/mol. The molecule has 0 bridgehead atoms. The SMILES string of the molecule is CCCCCN(C)CCS(=O)(=O)O.NCCS(=O)(=O)O. The Morgan fingerprint density at radius 2 is 1.45 bits per heavy atom. The Morgan fingerprint density at radius 1 is 0.950 bits per heavy atom. The van der Waals surface area contributed by atoms with Crippen molar-refractivity contribution in [3.05, 3.63) is 0 Å². The Hall–Kier alpha value is -0.260. The Labute approximate surface area is 121 Å². The molecule has 20 heavy (non-hydrogen) atoms. The van der Waals surface area contributed by atoms with Gasteiger partial charge in [0.15, 0.2) is 0 Å². The quantitative estimate of drug-likeness (QED) is 0.390. The van der Waals surface area contributed by atoms with E-state index in [9.17, 15) is 16.8 Å². The predicted octanol–water partition coefficient (Wildman–Crippen LogP) is -0.171. The average molecular weight is 334 g/mol. The molecule has 0 saturated heterocycles. The third kappa shape index (κ3) is 22.9. The standard InChI is InChI=1S/C8H19NO3S.C2H7NO3S/c1-3-4-5-6-9(2)7-8-13(10,11)12;3-1-2-7(4,5)6/h3-8H2,1-2H3,(H,10,11,12);1-3H2,(H,4,5,6). The number of rotatable bonds is 9. The van der Waals surface area contributed by atoms with Gasteiger partial charge in [-0.2, -0.15) is 16.8 Å². The second kappa shape index (κ2) is 11.4. The van der Waals surface area contributed by atoms with Crippen LogP contribution in [-0.4, -0.2) is 69.0 Å². The molecule has 0 fully saturated rings. The molecule has 0 aliphatic rings. The van der Waals surface area contributed by atoms with Crippen LogP contribution >= 0.6 is 0 Å². The van der Waals surface area contributed by atoms with Crippen LogP contribution in [0, 0.1) is 0 Å². The minimum Gasteiger partial charge on any atom is -0.329 e. The van der Waals surface area contributed by atoms with Crippen LogP contribution in [0.4, 0.5) is 0 Å². The predicted molar refractivity (Wildman–Crippen MR) is 78.9 cm³/mol. The van der Waals surface area contributed by atoms with Gasteiger partial charge in [-0.15, -0.1) is 0 Å². The zero-order valence-electron chi connectivity index (χ0n) is 12.0. The molecule has 124 valence electrons. The maximum atomic E-state index is 10.4. The van der Waals surface area contributed by atoms with Crippen LogP contribution in [0.3, 0.4) is 0 Å². The van der Waals surface area contributed by atoms with E-state index in [1.54, 1.807) is 0 Å². The summed E-state index contributed by atoms with van der Waals surface area (Å²) in [5, 5.41) is 0. The molecule has 0 rings (SSSR count). The second-order valence-corrected chi connectivity index (χ2v) is 7.52. The fraction of sp³-hybridized carbons (Fsp3) is 1.00. The first-order valence-electron chi connectivity index (χ1n) is 6.30. The lowest BCUT2D eigenvalue weighted by Crippen LogP contribution is -2.26. The van der Waals surface area contributed by atoms with E-state index < -0.39 is 20.2 Å². The van der Waals surface area contributed by atoms with E-state index in [4.69, 9.17) is 14.8 Å². The van der Waals surface area contributed by atoms with Gasteiger partial charge in [0.1, 0.15) is 0 Å². The van der Waals surface area contributed by atoms with E-state index in [0.29, 0.717) is 6.54 Å². The Balaban J connectivity index is 0. The molecule has 0 saturated carbocycles. The van der Waals surface area contributed by atoms with Crippen LogP contribution in [0.5, 0.6) is 0 Å². The number of hydrogen-bond acceptors (Lipinski definition) is 6. The highest BCUT2D eigenvalue weighted by Gasteiger charge is 2.06. The first-order valence-corrected chi connectivity index (χ1v) is 9.52. The molecule has 4 N–H and O–H groups in total. The van der Waals surface area contributed by atoms with E-state index in [1.165, 1.54) is 0 Å². The number of nitrogens with two attached hydrogens (primary N) is 1. The maximum Gasteiger partial charge on any atom is 0.266 e. The first-order chi connectivity index (χ1) is 9.02. The van der Waals surface area contributed by atoms with Gasteiger partial charge in [0.25, 0.3) is 20.2 Å². The molecular formula is C10H26N2O6S2. The summed E-state index contributed by atoms with van der Waals surface area (Å²) in [5.41, 5.74) is 4.78. The smallest absolute Gasteiger partial charge is 0.266 e. The van der Waals surface area contributed by atoms with Crippen molar-refractivity contribution in [2.75, 3.05) is 38.2 Å². The van der Waals surface area contributed by atoms with Gasteiger partial charge in [0.05, 0.1) is 11.5 Å². The normalized spacial score (nSPS) is 12.1. The van der Waals surface area contributed by atoms with Gasteiger partial charge in [-0.1, -0.05) is 19.8 Å². The topological polar surface area (TPSA) is 138 Å². The zero-order chi connectivity index (χ0) is 16.2. The second-order valence-electron chi connectivity index (χ2n) is 4.37. The van der Waals surface area contributed by atoms with Crippen molar-refractivity contribution >= 4 is 20.2 Å². The first kappa shape index (κ1) is 22.0. The monoisotopic (exact) mass is 334 g/mol. The average Bonchev–Trinajstić information content (AvgIpc) is 2.25. The van der Waals surface area contributed by atoms with Crippen molar-refractivity contribution in [1.29, 1.82) is 0 Å². The summed E-state index contributed by atoms with van der Waals surface area (Å²) in [5.74, 6) is -0.525. The van der Waals surface area contributed by atoms with Crippen molar-refractivity contribution < 1.29 is 25.9 Å². The highest BCUT2D eigenvalue weighted by atomic mass is 32.2. The van der Waals surface area contributed by atoms with E-state index in [1.807, 2.05) is 11.9 Å². The molecule has 10 heteroatoms. The summed E-state index contributed by atoms with van der Waals surface area (Å²) in [6.45, 7) is 3.39. The number of hydrogen-bond donors (Lipinski definition) is 3. The summed E-state index contributed by atoms with van der Waals surface area (Å²) < 4.78 is 56.6. The Morgan fingerprint density at radius 3 is 1.75 bits per heavy atom. The summed E-state index contributed by atoms with van der Waals surface area (Å²) >= 11 is 0. The molecule has 0 heterocycles. The molecule has 0 aliphatic carbocycles. The highest BCUT2D eigenvalue weighted by molar-refractivity contribution is 7.86. The number of nitrogens with zero attached hydrogens (tertiary/aromatic N) is 1. The van der Waals surface area contributed by atoms with Crippen LogP contribution in [-0.2, 0) is 20.2 Å². The van der Waals surface area contributed by atoms with E-state index in [-0.39, 0.29) is 18.1 Å². The largest absolute Gasteiger partial charge is 0.329 e. The van der Waals surface area contributed by atoms with Gasteiger partial charge >= 0.3 is 0 Å². The molecule has 0 aromatic heterocycles. The molecule has 0 aromatic rings.